The number of hydrogen-bond acceptors (Lipinski definition) is 5. The lowest BCUT2D eigenvalue weighted by Crippen LogP contribution is -2.54. The standard InChI is InChI=1S/C35H46FN5O3/c1-40(26-29-12-14-30(36)15-13-29)35(43)39-33(18-19-41-20-22-44-23-21-41)34(42)38-32(25-28-10-6-3-7-11-28)17-16-31(37)24-27-8-4-2-5-9-27/h2-15,31-33H,16-26,37H2,1H3,(H,38,42)(H,39,43). The van der Waals surface area contributed by atoms with Crippen molar-refractivity contribution in [1.82, 2.24) is 20.4 Å². The molecule has 1 fully saturated rings. The first kappa shape index (κ1) is 33.1. The van der Waals surface area contributed by atoms with Crippen molar-refractivity contribution in [2.45, 2.75) is 56.8 Å². The van der Waals surface area contributed by atoms with Crippen LogP contribution in [-0.4, -0.2) is 79.8 Å². The second kappa shape index (κ2) is 17.5. The Morgan fingerprint density at radius 1 is 0.841 bits per heavy atom. The van der Waals surface area contributed by atoms with E-state index in [4.69, 9.17) is 10.5 Å². The summed E-state index contributed by atoms with van der Waals surface area (Å²) in [5.41, 5.74) is 9.65. The fourth-order valence-electron chi connectivity index (χ4n) is 5.46. The number of hydrogen-bond donors (Lipinski definition) is 3. The van der Waals surface area contributed by atoms with Gasteiger partial charge in [0, 0.05) is 45.3 Å². The summed E-state index contributed by atoms with van der Waals surface area (Å²) < 4.78 is 18.8. The summed E-state index contributed by atoms with van der Waals surface area (Å²) in [5, 5.41) is 6.23. The minimum Gasteiger partial charge on any atom is -0.379 e. The van der Waals surface area contributed by atoms with E-state index in [9.17, 15) is 14.0 Å². The zero-order valence-electron chi connectivity index (χ0n) is 25.7. The normalized spacial score (nSPS) is 15.6. The molecule has 0 aliphatic carbocycles. The third kappa shape index (κ3) is 11.4. The average Bonchev–Trinajstić information content (AvgIpc) is 3.04. The van der Waals surface area contributed by atoms with Crippen molar-refractivity contribution >= 4 is 11.9 Å². The predicted molar refractivity (Wildman–Crippen MR) is 171 cm³/mol. The molecule has 8 nitrogen and oxygen atoms in total. The molecule has 236 valence electrons. The van der Waals surface area contributed by atoms with Gasteiger partial charge >= 0.3 is 6.03 Å². The van der Waals surface area contributed by atoms with Crippen molar-refractivity contribution < 1.29 is 18.7 Å². The highest BCUT2D eigenvalue weighted by Gasteiger charge is 2.26. The lowest BCUT2D eigenvalue weighted by Gasteiger charge is -2.30. The number of morpholine rings is 1. The first-order chi connectivity index (χ1) is 21.4. The van der Waals surface area contributed by atoms with E-state index in [2.05, 4.69) is 39.8 Å². The molecule has 0 radical (unpaired) electrons. The van der Waals surface area contributed by atoms with Gasteiger partial charge in [-0.25, -0.2) is 9.18 Å². The maximum Gasteiger partial charge on any atom is 0.318 e. The lowest BCUT2D eigenvalue weighted by molar-refractivity contribution is -0.124. The van der Waals surface area contributed by atoms with E-state index in [0.29, 0.717) is 45.6 Å². The molecule has 9 heteroatoms. The molecule has 3 aromatic rings. The zero-order chi connectivity index (χ0) is 31.1. The number of rotatable bonds is 15. The van der Waals surface area contributed by atoms with E-state index < -0.39 is 6.04 Å². The molecule has 3 amide bonds. The Bertz CT molecular complexity index is 1270. The van der Waals surface area contributed by atoms with Gasteiger partial charge in [-0.3, -0.25) is 9.69 Å². The maximum absolute atomic E-state index is 13.8. The molecule has 3 aromatic carbocycles. The van der Waals surface area contributed by atoms with Crippen LogP contribution in [-0.2, 0) is 28.9 Å². The minimum atomic E-state index is -0.725. The Morgan fingerprint density at radius 2 is 1.45 bits per heavy atom. The maximum atomic E-state index is 13.8. The van der Waals surface area contributed by atoms with E-state index >= 15 is 0 Å². The molecule has 1 aliphatic rings. The van der Waals surface area contributed by atoms with Crippen LogP contribution in [0.3, 0.4) is 0 Å². The van der Waals surface area contributed by atoms with Gasteiger partial charge in [0.1, 0.15) is 11.9 Å². The molecule has 3 atom stereocenters. The van der Waals surface area contributed by atoms with E-state index in [1.165, 1.54) is 22.6 Å². The van der Waals surface area contributed by atoms with Crippen molar-refractivity contribution in [2.24, 2.45) is 5.73 Å². The molecule has 44 heavy (non-hydrogen) atoms. The second-order valence-corrected chi connectivity index (χ2v) is 11.6. The van der Waals surface area contributed by atoms with Crippen molar-refractivity contribution in [1.29, 1.82) is 0 Å². The molecule has 4 N–H and O–H groups in total. The average molecular weight is 604 g/mol. The third-order valence-corrected chi connectivity index (χ3v) is 8.03. The van der Waals surface area contributed by atoms with Gasteiger partial charge in [0.15, 0.2) is 0 Å². The summed E-state index contributed by atoms with van der Waals surface area (Å²) in [7, 11) is 1.67. The molecule has 1 saturated heterocycles. The summed E-state index contributed by atoms with van der Waals surface area (Å²) in [6.45, 7) is 3.86. The molecule has 1 heterocycles. The van der Waals surface area contributed by atoms with Crippen molar-refractivity contribution in [2.75, 3.05) is 39.9 Å². The Morgan fingerprint density at radius 3 is 2.09 bits per heavy atom. The number of nitrogens with one attached hydrogen (secondary N) is 2. The van der Waals surface area contributed by atoms with Gasteiger partial charge in [-0.15, -0.1) is 0 Å². The van der Waals surface area contributed by atoms with E-state index in [0.717, 1.165) is 37.1 Å². The number of nitrogens with zero attached hydrogens (tertiary/aromatic N) is 2. The first-order valence-electron chi connectivity index (χ1n) is 15.6. The topological polar surface area (TPSA) is 99.9 Å². The molecule has 0 spiro atoms. The molecular formula is C35H46FN5O3. The molecule has 0 saturated carbocycles. The van der Waals surface area contributed by atoms with Crippen molar-refractivity contribution in [3.05, 3.63) is 107 Å². The first-order valence-corrected chi connectivity index (χ1v) is 15.6. The minimum absolute atomic E-state index is 0.0375. The van der Waals surface area contributed by atoms with E-state index in [-0.39, 0.29) is 29.8 Å². The van der Waals surface area contributed by atoms with E-state index in [1.54, 1.807) is 19.2 Å². The van der Waals surface area contributed by atoms with Crippen LogP contribution in [0.4, 0.5) is 9.18 Å². The smallest absolute Gasteiger partial charge is 0.318 e. The summed E-state index contributed by atoms with van der Waals surface area (Å²) >= 11 is 0. The van der Waals surface area contributed by atoms with Gasteiger partial charge in [-0.05, 0) is 60.9 Å². The summed E-state index contributed by atoms with van der Waals surface area (Å²) in [6, 6.07) is 25.1. The van der Waals surface area contributed by atoms with Gasteiger partial charge in [0.25, 0.3) is 0 Å². The predicted octanol–water partition coefficient (Wildman–Crippen LogP) is 4.14. The van der Waals surface area contributed by atoms with Crippen LogP contribution in [0.25, 0.3) is 0 Å². The number of carbonyl (C=O) groups is 2. The monoisotopic (exact) mass is 603 g/mol. The Hall–Kier alpha value is -3.79. The van der Waals surface area contributed by atoms with Gasteiger partial charge in [-0.1, -0.05) is 72.8 Å². The molecular weight excluding hydrogens is 557 g/mol. The number of urea groups is 1. The van der Waals surface area contributed by atoms with Crippen molar-refractivity contribution in [3.63, 3.8) is 0 Å². The highest BCUT2D eigenvalue weighted by molar-refractivity contribution is 5.87. The van der Waals surface area contributed by atoms with Gasteiger partial charge in [0.05, 0.1) is 13.2 Å². The van der Waals surface area contributed by atoms with Crippen LogP contribution >= 0.6 is 0 Å². The molecule has 3 unspecified atom stereocenters. The van der Waals surface area contributed by atoms with Crippen LogP contribution < -0.4 is 16.4 Å². The SMILES string of the molecule is CN(Cc1ccc(F)cc1)C(=O)NC(CCN1CCOCC1)C(=O)NC(CCC(N)Cc1ccccc1)Cc1ccccc1. The van der Waals surface area contributed by atoms with Crippen LogP contribution in [0.2, 0.25) is 0 Å². The largest absolute Gasteiger partial charge is 0.379 e. The highest BCUT2D eigenvalue weighted by Crippen LogP contribution is 2.13. The summed E-state index contributed by atoms with van der Waals surface area (Å²) in [5.74, 6) is -0.536. The number of halogens is 1. The van der Waals surface area contributed by atoms with Crippen LogP contribution in [0.1, 0.15) is 36.0 Å². The van der Waals surface area contributed by atoms with E-state index in [1.807, 2.05) is 36.4 Å². The fourth-order valence-corrected chi connectivity index (χ4v) is 5.46. The molecule has 4 rings (SSSR count). The number of ether oxygens (including phenoxy) is 1. The quantitative estimate of drug-likeness (QED) is 0.243. The fraction of sp³-hybridized carbons (Fsp3) is 0.429. The lowest BCUT2D eigenvalue weighted by atomic mass is 9.96. The molecule has 0 bridgehead atoms. The number of carbonyl (C=O) groups excluding carboxylic acids is 2. The van der Waals surface area contributed by atoms with Gasteiger partial charge in [-0.2, -0.15) is 0 Å². The Balaban J connectivity index is 1.42. The third-order valence-electron chi connectivity index (χ3n) is 8.03. The van der Waals surface area contributed by atoms with Gasteiger partial charge < -0.3 is 26.0 Å². The summed E-state index contributed by atoms with van der Waals surface area (Å²) in [6.07, 6.45) is 3.36. The van der Waals surface area contributed by atoms with Crippen molar-refractivity contribution in [3.8, 4) is 0 Å². The Labute approximate surface area is 260 Å². The number of nitrogens with two attached hydrogens (primary N) is 1. The molecule has 1 aliphatic heterocycles. The van der Waals surface area contributed by atoms with Crippen LogP contribution in [0, 0.1) is 5.82 Å². The number of benzene rings is 3. The highest BCUT2D eigenvalue weighted by atomic mass is 19.1. The number of amides is 3. The zero-order valence-corrected chi connectivity index (χ0v) is 25.7. The van der Waals surface area contributed by atoms with Crippen LogP contribution in [0.5, 0.6) is 0 Å². The Kier molecular flexibility index (Phi) is 13.2. The second-order valence-electron chi connectivity index (χ2n) is 11.6. The molecule has 0 aromatic heterocycles. The summed E-state index contributed by atoms with van der Waals surface area (Å²) in [4.78, 5) is 30.9. The van der Waals surface area contributed by atoms with Gasteiger partial charge in [0.2, 0.25) is 5.91 Å². The van der Waals surface area contributed by atoms with Crippen LogP contribution in [0.15, 0.2) is 84.9 Å².